The maximum absolute atomic E-state index is 11.7. The molecule has 2 atom stereocenters. The molecule has 0 aromatic carbocycles. The van der Waals surface area contributed by atoms with Crippen LogP contribution < -0.4 is 0 Å². The molecule has 3 nitrogen and oxygen atoms in total. The molecule has 1 fully saturated rings. The molecular weight excluding hydrogens is 281 g/mol. The highest BCUT2D eigenvalue weighted by Crippen LogP contribution is 2.34. The molecule has 0 radical (unpaired) electrons. The van der Waals surface area contributed by atoms with E-state index in [1.54, 1.807) is 0 Å². The summed E-state index contributed by atoms with van der Waals surface area (Å²) in [5.74, 6) is -0.437. The lowest BCUT2D eigenvalue weighted by molar-refractivity contribution is 0.542. The van der Waals surface area contributed by atoms with E-state index in [9.17, 15) is 8.42 Å². The molecule has 0 saturated carbocycles. The molecule has 7 heteroatoms. The van der Waals surface area contributed by atoms with Gasteiger partial charge in [-0.2, -0.15) is 4.31 Å². The van der Waals surface area contributed by atoms with E-state index in [4.69, 9.17) is 34.8 Å². The number of unbranched alkanes of at least 4 members (excludes halogenated alkanes) is 1. The van der Waals surface area contributed by atoms with E-state index >= 15 is 0 Å². The average Bonchev–Trinajstić information content (AvgIpc) is 2.75. The molecule has 0 aromatic heterocycles. The van der Waals surface area contributed by atoms with E-state index in [0.29, 0.717) is 6.54 Å². The van der Waals surface area contributed by atoms with Crippen molar-refractivity contribution in [1.82, 2.24) is 4.31 Å². The summed E-state index contributed by atoms with van der Waals surface area (Å²) < 4.78 is 23.0. The summed E-state index contributed by atoms with van der Waals surface area (Å²) in [5.41, 5.74) is 0. The summed E-state index contributed by atoms with van der Waals surface area (Å²) in [5, 5.41) is 0. The van der Waals surface area contributed by atoms with E-state index in [0.717, 1.165) is 19.3 Å². The van der Waals surface area contributed by atoms with Gasteiger partial charge < -0.3 is 0 Å². The summed E-state index contributed by atoms with van der Waals surface area (Å²) >= 11 is 16.4. The van der Waals surface area contributed by atoms with Crippen molar-refractivity contribution in [2.24, 2.45) is 0 Å². The first kappa shape index (κ1) is 13.8. The zero-order valence-corrected chi connectivity index (χ0v) is 11.5. The second-order valence-electron chi connectivity index (χ2n) is 3.74. The first-order valence-electron chi connectivity index (χ1n) is 4.82. The molecule has 1 saturated heterocycles. The molecule has 0 spiro atoms. The number of alkyl halides is 3. The lowest BCUT2D eigenvalue weighted by Gasteiger charge is -2.12. The molecule has 0 amide bonds. The molecule has 1 heterocycles. The van der Waals surface area contributed by atoms with Crippen LogP contribution in [0.5, 0.6) is 0 Å². The van der Waals surface area contributed by atoms with Gasteiger partial charge in [0, 0.05) is 12.6 Å². The van der Waals surface area contributed by atoms with Gasteiger partial charge in [-0.15, -0.1) is 0 Å². The summed E-state index contributed by atoms with van der Waals surface area (Å²) in [7, 11) is -3.39. The molecule has 0 aromatic rings. The molecule has 1 aliphatic heterocycles. The van der Waals surface area contributed by atoms with E-state index < -0.39 is 19.6 Å². The predicted octanol–water partition coefficient (Wildman–Crippen LogP) is 2.56. The zero-order chi connectivity index (χ0) is 11.7. The van der Waals surface area contributed by atoms with Gasteiger partial charge in [-0.05, 0) is 6.42 Å². The second-order valence-corrected chi connectivity index (χ2v) is 8.17. The summed E-state index contributed by atoms with van der Waals surface area (Å²) in [6, 6.07) is 0.127. The molecule has 15 heavy (non-hydrogen) atoms. The largest absolute Gasteiger partial charge is 0.218 e. The maximum Gasteiger partial charge on any atom is 0.218 e. The lowest BCUT2D eigenvalue weighted by Crippen LogP contribution is -2.26. The fraction of sp³-hybridized carbons (Fsp3) is 1.00. The van der Waals surface area contributed by atoms with Crippen molar-refractivity contribution in [3.8, 4) is 0 Å². The fourth-order valence-electron chi connectivity index (χ4n) is 1.47. The fourth-order valence-corrected chi connectivity index (χ4v) is 4.25. The highest BCUT2D eigenvalue weighted by molar-refractivity contribution is 7.89. The van der Waals surface area contributed by atoms with Crippen LogP contribution in [0.25, 0.3) is 0 Å². The summed E-state index contributed by atoms with van der Waals surface area (Å²) in [4.78, 5) is 0. The average molecular weight is 295 g/mol. The Labute approximate surface area is 106 Å². The van der Waals surface area contributed by atoms with Gasteiger partial charge >= 0.3 is 0 Å². The molecule has 90 valence electrons. The van der Waals surface area contributed by atoms with E-state index in [2.05, 4.69) is 6.92 Å². The summed E-state index contributed by atoms with van der Waals surface area (Å²) in [6.45, 7) is 2.64. The van der Waals surface area contributed by atoms with Gasteiger partial charge in [-0.3, -0.25) is 0 Å². The molecule has 2 unspecified atom stereocenters. The van der Waals surface area contributed by atoms with Crippen LogP contribution >= 0.6 is 34.8 Å². The monoisotopic (exact) mass is 293 g/mol. The molecule has 0 aliphatic carbocycles. The van der Waals surface area contributed by atoms with E-state index in [-0.39, 0.29) is 6.04 Å². The standard InChI is InChI=1S/C8H14Cl3NO2S/c1-2-3-4-7-5-12(7)15(13,14)6-8(9,10)11/h7H,2-6H2,1H3. The van der Waals surface area contributed by atoms with Crippen LogP contribution in [0.15, 0.2) is 0 Å². The van der Waals surface area contributed by atoms with Crippen molar-refractivity contribution in [3.05, 3.63) is 0 Å². The Morgan fingerprint density at radius 1 is 1.40 bits per heavy atom. The van der Waals surface area contributed by atoms with Gasteiger partial charge in [0.05, 0.1) is 0 Å². The first-order chi connectivity index (χ1) is 6.76. The Kier molecular flexibility index (Phi) is 4.58. The van der Waals surface area contributed by atoms with Crippen LogP contribution in [-0.4, -0.2) is 34.9 Å². The maximum atomic E-state index is 11.7. The van der Waals surface area contributed by atoms with E-state index in [1.165, 1.54) is 4.31 Å². The van der Waals surface area contributed by atoms with Crippen molar-refractivity contribution >= 4 is 44.8 Å². The highest BCUT2D eigenvalue weighted by Gasteiger charge is 2.45. The third-order valence-electron chi connectivity index (χ3n) is 2.26. The van der Waals surface area contributed by atoms with Crippen LogP contribution in [0.1, 0.15) is 26.2 Å². The lowest BCUT2D eigenvalue weighted by atomic mass is 10.2. The van der Waals surface area contributed by atoms with Crippen molar-refractivity contribution < 1.29 is 8.42 Å². The van der Waals surface area contributed by atoms with Crippen molar-refractivity contribution in [1.29, 1.82) is 0 Å². The minimum atomic E-state index is -3.39. The predicted molar refractivity (Wildman–Crippen MR) is 64.1 cm³/mol. The smallest absolute Gasteiger partial charge is 0.212 e. The second kappa shape index (κ2) is 4.96. The van der Waals surface area contributed by atoms with Crippen LogP contribution in [0.4, 0.5) is 0 Å². The number of nitrogens with zero attached hydrogens (tertiary/aromatic N) is 1. The molecule has 0 N–H and O–H groups in total. The van der Waals surface area contributed by atoms with Crippen LogP contribution in [0.2, 0.25) is 0 Å². The molecular formula is C8H14Cl3NO2S. The minimum Gasteiger partial charge on any atom is -0.212 e. The van der Waals surface area contributed by atoms with Crippen molar-refractivity contribution in [2.45, 2.75) is 36.0 Å². The van der Waals surface area contributed by atoms with Gasteiger partial charge in [0.1, 0.15) is 5.75 Å². The Morgan fingerprint density at radius 2 is 2.00 bits per heavy atom. The Bertz CT molecular complexity index is 312. The quantitative estimate of drug-likeness (QED) is 0.577. The van der Waals surface area contributed by atoms with E-state index in [1.807, 2.05) is 0 Å². The van der Waals surface area contributed by atoms with Gasteiger partial charge in [0.15, 0.2) is 0 Å². The number of halogens is 3. The van der Waals surface area contributed by atoms with Crippen LogP contribution in [-0.2, 0) is 10.0 Å². The van der Waals surface area contributed by atoms with Crippen LogP contribution in [0.3, 0.4) is 0 Å². The van der Waals surface area contributed by atoms with Gasteiger partial charge in [-0.1, -0.05) is 54.6 Å². The van der Waals surface area contributed by atoms with Crippen LogP contribution in [0, 0.1) is 0 Å². The van der Waals surface area contributed by atoms with Gasteiger partial charge in [0.25, 0.3) is 0 Å². The Morgan fingerprint density at radius 3 is 2.47 bits per heavy atom. The first-order valence-corrected chi connectivity index (χ1v) is 7.57. The topological polar surface area (TPSA) is 37.1 Å². The van der Waals surface area contributed by atoms with Gasteiger partial charge in [-0.25, -0.2) is 8.42 Å². The molecule has 1 rings (SSSR count). The number of sulfonamides is 1. The molecule has 1 aliphatic rings. The Balaban J connectivity index is 2.45. The van der Waals surface area contributed by atoms with Crippen molar-refractivity contribution in [2.75, 3.05) is 12.3 Å². The third-order valence-corrected chi connectivity index (χ3v) is 5.09. The SMILES string of the molecule is CCCCC1CN1S(=O)(=O)CC(Cl)(Cl)Cl. The third kappa shape index (κ3) is 4.65. The number of rotatable bonds is 5. The van der Waals surface area contributed by atoms with Gasteiger partial charge in [0.2, 0.25) is 13.8 Å². The minimum absolute atomic E-state index is 0.127. The summed E-state index contributed by atoms with van der Waals surface area (Å²) in [6.07, 6.45) is 2.99. The van der Waals surface area contributed by atoms with Crippen molar-refractivity contribution in [3.63, 3.8) is 0 Å². The number of hydrogen-bond acceptors (Lipinski definition) is 2. The normalized spacial score (nSPS) is 26.7. The highest BCUT2D eigenvalue weighted by atomic mass is 35.6. The number of hydrogen-bond donors (Lipinski definition) is 0. The zero-order valence-electron chi connectivity index (χ0n) is 8.42. The Hall–Kier alpha value is 0.780. The molecule has 0 bridgehead atoms.